The second-order valence-corrected chi connectivity index (χ2v) is 22.6. The van der Waals surface area contributed by atoms with Crippen molar-refractivity contribution in [2.75, 3.05) is 4.90 Å². The minimum Gasteiger partial charge on any atom is -0.310 e. The molecule has 0 saturated carbocycles. The number of hydrogen-bond donors (Lipinski definition) is 0. The molecule has 0 unspecified atom stereocenters. The molecule has 73 heavy (non-hydrogen) atoms. The number of aromatic nitrogens is 1. The molecule has 13 rings (SSSR count). The van der Waals surface area contributed by atoms with Crippen molar-refractivity contribution in [1.82, 2.24) is 4.57 Å². The Bertz CT molecular complexity index is 3940. The van der Waals surface area contributed by atoms with E-state index in [4.69, 9.17) is 0 Å². The highest BCUT2D eigenvalue weighted by atomic mass is 28.3. The van der Waals surface area contributed by atoms with Crippen molar-refractivity contribution < 1.29 is 0 Å². The van der Waals surface area contributed by atoms with E-state index in [9.17, 15) is 0 Å². The third kappa shape index (κ3) is 7.75. The van der Waals surface area contributed by atoms with Crippen molar-refractivity contribution in [3.63, 3.8) is 0 Å². The molecule has 0 aliphatic rings. The van der Waals surface area contributed by atoms with E-state index in [0.717, 1.165) is 28.3 Å². The Labute approximate surface area is 428 Å². The predicted molar refractivity (Wildman–Crippen MR) is 313 cm³/mol. The lowest BCUT2D eigenvalue weighted by atomic mass is 9.96. The highest BCUT2D eigenvalue weighted by Gasteiger charge is 2.41. The summed E-state index contributed by atoms with van der Waals surface area (Å²) in [6, 6.07) is 112. The Kier molecular flexibility index (Phi) is 11.3. The predicted octanol–water partition coefficient (Wildman–Crippen LogP) is 15.8. The summed E-state index contributed by atoms with van der Waals surface area (Å²) in [5.74, 6) is 0. The first-order chi connectivity index (χ1) is 36.2. The molecule has 3 heteroatoms. The molecule has 2 nitrogen and oxygen atoms in total. The molecule has 0 spiro atoms. The van der Waals surface area contributed by atoms with Crippen molar-refractivity contribution in [3.8, 4) is 39.1 Å². The van der Waals surface area contributed by atoms with E-state index in [1.54, 1.807) is 0 Å². The van der Waals surface area contributed by atoms with Gasteiger partial charge in [0.2, 0.25) is 0 Å². The molecule has 344 valence electrons. The van der Waals surface area contributed by atoms with Gasteiger partial charge < -0.3 is 9.47 Å². The molecule has 0 aliphatic carbocycles. The molecular weight excluding hydrogens is 897 g/mol. The topological polar surface area (TPSA) is 8.17 Å². The first kappa shape index (κ1) is 43.7. The molecule has 0 bridgehead atoms. The maximum absolute atomic E-state index is 2.72. The van der Waals surface area contributed by atoms with Gasteiger partial charge in [0, 0.05) is 27.8 Å². The van der Waals surface area contributed by atoms with Gasteiger partial charge in [-0.3, -0.25) is 0 Å². The normalized spacial score (nSPS) is 11.6. The quantitative estimate of drug-likeness (QED) is 0.0926. The molecule has 1 aromatic heterocycles. The van der Waals surface area contributed by atoms with Gasteiger partial charge in [0.15, 0.2) is 8.07 Å². The fourth-order valence-electron chi connectivity index (χ4n) is 11.4. The van der Waals surface area contributed by atoms with Crippen LogP contribution in [0.25, 0.3) is 71.6 Å². The van der Waals surface area contributed by atoms with Gasteiger partial charge in [0.25, 0.3) is 0 Å². The Morgan fingerprint density at radius 1 is 0.288 bits per heavy atom. The lowest BCUT2D eigenvalue weighted by Gasteiger charge is -2.34. The molecule has 0 radical (unpaired) electrons. The summed E-state index contributed by atoms with van der Waals surface area (Å²) < 4.78 is 2.40. The van der Waals surface area contributed by atoms with Crippen LogP contribution in [0.15, 0.2) is 303 Å². The zero-order chi connectivity index (χ0) is 48.6. The molecule has 0 atom stereocenters. The zero-order valence-electron chi connectivity index (χ0n) is 40.3. The van der Waals surface area contributed by atoms with E-state index in [1.165, 1.54) is 81.2 Å². The van der Waals surface area contributed by atoms with Crippen LogP contribution in [0.5, 0.6) is 0 Å². The first-order valence-electron chi connectivity index (χ1n) is 25.2. The largest absolute Gasteiger partial charge is 0.310 e. The number of benzene rings is 12. The summed E-state index contributed by atoms with van der Waals surface area (Å²) in [4.78, 5) is 2.44. The minimum absolute atomic E-state index is 1.08. The third-order valence-corrected chi connectivity index (χ3v) is 19.5. The van der Waals surface area contributed by atoms with Crippen LogP contribution in [0.4, 0.5) is 17.1 Å². The summed E-state index contributed by atoms with van der Waals surface area (Å²) in [6.07, 6.45) is 0. The second-order valence-electron chi connectivity index (χ2n) is 18.8. The van der Waals surface area contributed by atoms with Crippen LogP contribution in [0, 0.1) is 0 Å². The summed E-state index contributed by atoms with van der Waals surface area (Å²) in [5.41, 5.74) is 13.9. The number of nitrogens with zero attached hydrogens (tertiary/aromatic N) is 2. The SMILES string of the molecule is c1ccc(-n2c3ccccc3c3c(N(c4ccc(-c5ccc(-c6cccc7ccccc67)cc5)cc4)c4ccc(-c5cccc([Si](c6ccccc6)(c6ccccc6)c6ccccc6)c5)cc4)cccc32)cc1. The van der Waals surface area contributed by atoms with Crippen LogP contribution in [-0.2, 0) is 0 Å². The second kappa shape index (κ2) is 18.8. The molecule has 0 aliphatic heterocycles. The number of hydrogen-bond acceptors (Lipinski definition) is 1. The van der Waals surface area contributed by atoms with Gasteiger partial charge in [-0.05, 0) is 119 Å². The summed E-state index contributed by atoms with van der Waals surface area (Å²) in [7, 11) is -2.72. The van der Waals surface area contributed by atoms with Crippen LogP contribution in [0.3, 0.4) is 0 Å². The average molecular weight is 947 g/mol. The van der Waals surface area contributed by atoms with E-state index < -0.39 is 8.07 Å². The number of anilines is 3. The van der Waals surface area contributed by atoms with Gasteiger partial charge >= 0.3 is 0 Å². The Hall–Kier alpha value is -9.28. The fraction of sp³-hybridized carbons (Fsp3) is 0. The van der Waals surface area contributed by atoms with Crippen LogP contribution in [0.2, 0.25) is 0 Å². The van der Waals surface area contributed by atoms with Crippen LogP contribution >= 0.6 is 0 Å². The van der Waals surface area contributed by atoms with Crippen molar-refractivity contribution in [3.05, 3.63) is 303 Å². The number of para-hydroxylation sites is 2. The maximum Gasteiger partial charge on any atom is 0.179 e. The lowest BCUT2D eigenvalue weighted by Crippen LogP contribution is -2.74. The average Bonchev–Trinajstić information content (AvgIpc) is 3.82. The Morgan fingerprint density at radius 3 is 1.34 bits per heavy atom. The monoisotopic (exact) mass is 946 g/mol. The van der Waals surface area contributed by atoms with E-state index in [0.29, 0.717) is 0 Å². The van der Waals surface area contributed by atoms with Gasteiger partial charge in [0.05, 0.1) is 16.7 Å². The van der Waals surface area contributed by atoms with Crippen molar-refractivity contribution >= 4 is 78.5 Å². The van der Waals surface area contributed by atoms with Gasteiger partial charge in [-0.2, -0.15) is 0 Å². The first-order valence-corrected chi connectivity index (χ1v) is 27.2. The van der Waals surface area contributed by atoms with Crippen molar-refractivity contribution in [2.45, 2.75) is 0 Å². The molecule has 0 amide bonds. The molecule has 0 fully saturated rings. The standard InChI is InChI=1S/C70H50N2Si/c1-5-23-57(24-6-1)72-67-35-16-15-33-66(67)70-68(36-19-37-69(70)72)71(58-46-42-52(43-47-58)51-38-40-55(41-39-51)65-34-18-21-54-20-13-14-32-64(54)65)59-48-44-53(45-49-59)56-22-17-31-63(50-56)73(60-25-7-2-8-26-60,61-27-9-3-10-28-61)62-29-11-4-12-30-62/h1-50H. The van der Waals surface area contributed by atoms with Crippen molar-refractivity contribution in [1.29, 1.82) is 0 Å². The Morgan fingerprint density at radius 2 is 0.726 bits per heavy atom. The Balaban J connectivity index is 0.931. The smallest absolute Gasteiger partial charge is 0.179 e. The summed E-state index contributed by atoms with van der Waals surface area (Å²) in [6.45, 7) is 0. The minimum atomic E-state index is -2.72. The summed E-state index contributed by atoms with van der Waals surface area (Å²) >= 11 is 0. The van der Waals surface area contributed by atoms with Crippen molar-refractivity contribution in [2.24, 2.45) is 0 Å². The molecule has 1 heterocycles. The molecular formula is C70H50N2Si. The lowest BCUT2D eigenvalue weighted by molar-refractivity contribution is 1.18. The third-order valence-electron chi connectivity index (χ3n) is 14.8. The summed E-state index contributed by atoms with van der Waals surface area (Å²) in [5, 5.41) is 10.4. The molecule has 0 saturated heterocycles. The zero-order valence-corrected chi connectivity index (χ0v) is 41.3. The number of fused-ring (bicyclic) bond motifs is 4. The number of rotatable bonds is 11. The van der Waals surface area contributed by atoms with Gasteiger partial charge in [0.1, 0.15) is 0 Å². The van der Waals surface area contributed by atoms with E-state index >= 15 is 0 Å². The highest BCUT2D eigenvalue weighted by Crippen LogP contribution is 2.44. The molecule has 12 aromatic carbocycles. The fourth-order valence-corrected chi connectivity index (χ4v) is 16.2. The molecule has 13 aromatic rings. The van der Waals surface area contributed by atoms with E-state index in [1.807, 2.05) is 0 Å². The highest BCUT2D eigenvalue weighted by molar-refractivity contribution is 7.19. The maximum atomic E-state index is 2.46. The van der Waals surface area contributed by atoms with Crippen LogP contribution < -0.4 is 25.6 Å². The van der Waals surface area contributed by atoms with Crippen LogP contribution in [-0.4, -0.2) is 12.6 Å². The van der Waals surface area contributed by atoms with E-state index in [2.05, 4.69) is 313 Å². The van der Waals surface area contributed by atoms with Gasteiger partial charge in [-0.15, -0.1) is 0 Å². The van der Waals surface area contributed by atoms with E-state index in [-0.39, 0.29) is 0 Å². The van der Waals surface area contributed by atoms with Gasteiger partial charge in [-0.25, -0.2) is 0 Å². The molecule has 0 N–H and O–H groups in total. The van der Waals surface area contributed by atoms with Crippen LogP contribution in [0.1, 0.15) is 0 Å². The van der Waals surface area contributed by atoms with Gasteiger partial charge in [-0.1, -0.05) is 249 Å².